The monoisotopic (exact) mass is 446 g/mol. The van der Waals surface area contributed by atoms with Crippen molar-refractivity contribution in [3.63, 3.8) is 0 Å². The number of nitrogens with zero attached hydrogens (tertiary/aromatic N) is 1. The Kier molecular flexibility index (Phi) is 10.2. The molecule has 0 bridgehead atoms. The van der Waals surface area contributed by atoms with Crippen LogP contribution >= 0.6 is 11.6 Å². The largest absolute Gasteiger partial charge is 0.497 e. The summed E-state index contributed by atoms with van der Waals surface area (Å²) in [6.45, 7) is 4.59. The molecule has 0 saturated heterocycles. The molecule has 2 aromatic rings. The summed E-state index contributed by atoms with van der Waals surface area (Å²) in [6, 6.07) is 13.8. The zero-order chi connectivity index (χ0) is 22.6. The average molecular weight is 447 g/mol. The number of para-hydroxylation sites is 1. The molecule has 2 aromatic carbocycles. The van der Waals surface area contributed by atoms with E-state index >= 15 is 0 Å². The molecule has 0 fully saturated rings. The molecule has 0 saturated carbocycles. The van der Waals surface area contributed by atoms with Gasteiger partial charge in [-0.15, -0.1) is 0 Å². The normalized spacial score (nSPS) is 11.5. The van der Waals surface area contributed by atoms with E-state index in [-0.39, 0.29) is 25.0 Å². The Labute approximate surface area is 189 Å². The number of hydrogen-bond donors (Lipinski definition) is 1. The second-order valence-electron chi connectivity index (χ2n) is 7.16. The quantitative estimate of drug-likeness (QED) is 0.489. The van der Waals surface area contributed by atoms with Crippen LogP contribution in [0, 0.1) is 0 Å². The molecule has 0 radical (unpaired) electrons. The lowest BCUT2D eigenvalue weighted by Gasteiger charge is -2.30. The van der Waals surface area contributed by atoms with Crippen LogP contribution in [0.1, 0.15) is 38.7 Å². The SMILES string of the molecule is CCCCNC(=O)C(CC)N(Cc1cccc(OC)c1)C(=O)COc1ccccc1Cl. The van der Waals surface area contributed by atoms with Gasteiger partial charge in [0.05, 0.1) is 12.1 Å². The van der Waals surface area contributed by atoms with Gasteiger partial charge in [-0.05, 0) is 42.7 Å². The van der Waals surface area contributed by atoms with Crippen molar-refractivity contribution in [3.8, 4) is 11.5 Å². The highest BCUT2D eigenvalue weighted by molar-refractivity contribution is 6.32. The Morgan fingerprint density at radius 1 is 1.13 bits per heavy atom. The third kappa shape index (κ3) is 7.47. The number of carbonyl (C=O) groups excluding carboxylic acids is 2. The lowest BCUT2D eigenvalue weighted by atomic mass is 10.1. The fraction of sp³-hybridized carbons (Fsp3) is 0.417. The zero-order valence-corrected chi connectivity index (χ0v) is 19.2. The molecule has 2 amide bonds. The van der Waals surface area contributed by atoms with Gasteiger partial charge in [0.1, 0.15) is 17.5 Å². The highest BCUT2D eigenvalue weighted by Gasteiger charge is 2.29. The van der Waals surface area contributed by atoms with Gasteiger partial charge in [0.25, 0.3) is 5.91 Å². The molecule has 168 valence electrons. The number of benzene rings is 2. The van der Waals surface area contributed by atoms with Gasteiger partial charge in [-0.3, -0.25) is 9.59 Å². The molecular weight excluding hydrogens is 416 g/mol. The first-order valence-corrected chi connectivity index (χ1v) is 10.9. The number of carbonyl (C=O) groups is 2. The van der Waals surface area contributed by atoms with E-state index in [9.17, 15) is 9.59 Å². The summed E-state index contributed by atoms with van der Waals surface area (Å²) in [5.41, 5.74) is 0.866. The molecule has 2 rings (SSSR count). The predicted octanol–water partition coefficient (Wildman–Crippen LogP) is 4.45. The van der Waals surface area contributed by atoms with Crippen LogP contribution in [0.5, 0.6) is 11.5 Å². The highest BCUT2D eigenvalue weighted by atomic mass is 35.5. The fourth-order valence-electron chi connectivity index (χ4n) is 3.18. The molecule has 0 aliphatic heterocycles. The van der Waals surface area contributed by atoms with Gasteiger partial charge in [-0.2, -0.15) is 0 Å². The fourth-order valence-corrected chi connectivity index (χ4v) is 3.37. The summed E-state index contributed by atoms with van der Waals surface area (Å²) in [6.07, 6.45) is 2.36. The van der Waals surface area contributed by atoms with Gasteiger partial charge >= 0.3 is 0 Å². The van der Waals surface area contributed by atoms with E-state index in [1.807, 2.05) is 31.2 Å². The Balaban J connectivity index is 2.21. The molecular formula is C24H31ClN2O4. The minimum atomic E-state index is -0.606. The number of methoxy groups -OCH3 is 1. The maximum absolute atomic E-state index is 13.2. The van der Waals surface area contributed by atoms with Gasteiger partial charge < -0.3 is 19.7 Å². The van der Waals surface area contributed by atoms with Crippen LogP contribution in [-0.4, -0.2) is 43.0 Å². The minimum Gasteiger partial charge on any atom is -0.497 e. The van der Waals surface area contributed by atoms with E-state index in [1.54, 1.807) is 36.3 Å². The van der Waals surface area contributed by atoms with Crippen LogP contribution in [0.15, 0.2) is 48.5 Å². The first kappa shape index (κ1) is 24.5. The number of amides is 2. The average Bonchev–Trinajstić information content (AvgIpc) is 2.78. The summed E-state index contributed by atoms with van der Waals surface area (Å²) < 4.78 is 10.9. The lowest BCUT2D eigenvalue weighted by molar-refractivity contribution is -0.143. The van der Waals surface area contributed by atoms with Gasteiger partial charge in [0, 0.05) is 13.1 Å². The Hall–Kier alpha value is -2.73. The molecule has 0 heterocycles. The second kappa shape index (κ2) is 12.8. The molecule has 0 aliphatic rings. The predicted molar refractivity (Wildman–Crippen MR) is 122 cm³/mol. The molecule has 0 spiro atoms. The van der Waals surface area contributed by atoms with E-state index in [0.717, 1.165) is 18.4 Å². The maximum Gasteiger partial charge on any atom is 0.261 e. The molecule has 0 aromatic heterocycles. The van der Waals surface area contributed by atoms with Gasteiger partial charge in [-0.1, -0.05) is 56.1 Å². The molecule has 7 heteroatoms. The molecule has 0 aliphatic carbocycles. The van der Waals surface area contributed by atoms with Crippen molar-refractivity contribution in [2.24, 2.45) is 0 Å². The number of nitrogens with one attached hydrogen (secondary N) is 1. The van der Waals surface area contributed by atoms with E-state index in [1.165, 1.54) is 0 Å². The molecule has 31 heavy (non-hydrogen) atoms. The van der Waals surface area contributed by atoms with Gasteiger partial charge in [-0.25, -0.2) is 0 Å². The van der Waals surface area contributed by atoms with Crippen LogP contribution in [0.2, 0.25) is 5.02 Å². The number of halogens is 1. The summed E-state index contributed by atoms with van der Waals surface area (Å²) in [5, 5.41) is 3.37. The standard InChI is InChI=1S/C24H31ClN2O4/c1-4-6-14-26-24(29)21(5-2)27(16-18-10-9-11-19(15-18)30-3)23(28)17-31-22-13-8-7-12-20(22)25/h7-13,15,21H,4-6,14,16-17H2,1-3H3,(H,26,29). The van der Waals surface area contributed by atoms with E-state index < -0.39 is 6.04 Å². The van der Waals surface area contributed by atoms with Crippen molar-refractivity contribution in [3.05, 3.63) is 59.1 Å². The van der Waals surface area contributed by atoms with Crippen molar-refractivity contribution in [2.75, 3.05) is 20.3 Å². The number of ether oxygens (including phenoxy) is 2. The van der Waals surface area contributed by atoms with Crippen molar-refractivity contribution >= 4 is 23.4 Å². The van der Waals surface area contributed by atoms with Crippen LogP contribution in [0.4, 0.5) is 0 Å². The van der Waals surface area contributed by atoms with Crippen molar-refractivity contribution in [1.82, 2.24) is 10.2 Å². The van der Waals surface area contributed by atoms with E-state index in [4.69, 9.17) is 21.1 Å². The lowest BCUT2D eigenvalue weighted by Crippen LogP contribution is -2.50. The molecule has 1 N–H and O–H groups in total. The Morgan fingerprint density at radius 3 is 2.58 bits per heavy atom. The second-order valence-corrected chi connectivity index (χ2v) is 7.57. The minimum absolute atomic E-state index is 0.162. The first-order chi connectivity index (χ1) is 15.0. The Morgan fingerprint density at radius 2 is 1.90 bits per heavy atom. The summed E-state index contributed by atoms with van der Waals surface area (Å²) >= 11 is 6.13. The van der Waals surface area contributed by atoms with Gasteiger partial charge in [0.2, 0.25) is 5.91 Å². The first-order valence-electron chi connectivity index (χ1n) is 10.6. The van der Waals surface area contributed by atoms with Crippen molar-refractivity contribution in [1.29, 1.82) is 0 Å². The molecule has 6 nitrogen and oxygen atoms in total. The maximum atomic E-state index is 13.2. The van der Waals surface area contributed by atoms with E-state index in [2.05, 4.69) is 12.2 Å². The smallest absolute Gasteiger partial charge is 0.261 e. The summed E-state index contributed by atoms with van der Waals surface area (Å²) in [5.74, 6) is 0.669. The third-order valence-electron chi connectivity index (χ3n) is 4.89. The molecule has 1 unspecified atom stereocenters. The highest BCUT2D eigenvalue weighted by Crippen LogP contribution is 2.23. The number of rotatable bonds is 12. The van der Waals surface area contributed by atoms with Crippen molar-refractivity contribution in [2.45, 2.75) is 45.7 Å². The van der Waals surface area contributed by atoms with Crippen LogP contribution in [0.25, 0.3) is 0 Å². The summed E-state index contributed by atoms with van der Waals surface area (Å²) in [7, 11) is 1.59. The number of hydrogen-bond acceptors (Lipinski definition) is 4. The number of unbranched alkanes of at least 4 members (excludes halogenated alkanes) is 1. The van der Waals surface area contributed by atoms with Crippen LogP contribution < -0.4 is 14.8 Å². The Bertz CT molecular complexity index is 859. The zero-order valence-electron chi connectivity index (χ0n) is 18.4. The molecule has 1 atom stereocenters. The topological polar surface area (TPSA) is 67.9 Å². The van der Waals surface area contributed by atoms with Crippen molar-refractivity contribution < 1.29 is 19.1 Å². The third-order valence-corrected chi connectivity index (χ3v) is 5.20. The van der Waals surface area contributed by atoms with Crippen LogP contribution in [-0.2, 0) is 16.1 Å². The summed E-state index contributed by atoms with van der Waals surface area (Å²) in [4.78, 5) is 27.6. The van der Waals surface area contributed by atoms with Crippen LogP contribution in [0.3, 0.4) is 0 Å². The van der Waals surface area contributed by atoms with E-state index in [0.29, 0.717) is 29.5 Å². The van der Waals surface area contributed by atoms with Gasteiger partial charge in [0.15, 0.2) is 6.61 Å².